The van der Waals surface area contributed by atoms with E-state index in [1.165, 1.54) is 0 Å². The van der Waals surface area contributed by atoms with E-state index in [-0.39, 0.29) is 19.6 Å². The van der Waals surface area contributed by atoms with Crippen molar-refractivity contribution in [3.05, 3.63) is 71.8 Å². The zero-order chi connectivity index (χ0) is 17.4. The molecular formula is C20H19FN2O2. The van der Waals surface area contributed by atoms with Gasteiger partial charge in [0.1, 0.15) is 0 Å². The van der Waals surface area contributed by atoms with Gasteiger partial charge in [-0.1, -0.05) is 60.7 Å². The van der Waals surface area contributed by atoms with Gasteiger partial charge in [0.2, 0.25) is 11.6 Å². The molecule has 2 amide bonds. The Morgan fingerprint density at radius 1 is 0.920 bits per heavy atom. The van der Waals surface area contributed by atoms with Crippen molar-refractivity contribution in [2.24, 2.45) is 5.92 Å². The summed E-state index contributed by atoms with van der Waals surface area (Å²) in [7, 11) is 0. The average molecular weight is 338 g/mol. The molecule has 2 aliphatic rings. The van der Waals surface area contributed by atoms with Crippen LogP contribution in [-0.4, -0.2) is 40.4 Å². The van der Waals surface area contributed by atoms with Crippen LogP contribution in [0.4, 0.5) is 4.39 Å². The molecule has 0 spiro atoms. The second-order valence-electron chi connectivity index (χ2n) is 6.79. The first kappa shape index (κ1) is 16.0. The number of alkyl halides is 1. The van der Waals surface area contributed by atoms with Crippen LogP contribution in [-0.2, 0) is 22.7 Å². The zero-order valence-electron chi connectivity index (χ0n) is 13.8. The van der Waals surface area contributed by atoms with E-state index in [4.69, 9.17) is 0 Å². The Morgan fingerprint density at radius 3 is 2.04 bits per heavy atom. The molecule has 4 rings (SSSR count). The third kappa shape index (κ3) is 2.74. The Bertz CT molecular complexity index is 796. The zero-order valence-corrected chi connectivity index (χ0v) is 13.8. The van der Waals surface area contributed by atoms with Crippen molar-refractivity contribution >= 4 is 11.8 Å². The van der Waals surface area contributed by atoms with E-state index in [9.17, 15) is 9.59 Å². The van der Waals surface area contributed by atoms with E-state index < -0.39 is 23.4 Å². The molecule has 2 saturated heterocycles. The normalized spacial score (nSPS) is 26.3. The maximum atomic E-state index is 15.4. The highest BCUT2D eigenvalue weighted by Gasteiger charge is 2.64. The fourth-order valence-electron chi connectivity index (χ4n) is 3.78. The summed E-state index contributed by atoms with van der Waals surface area (Å²) in [6, 6.07) is 18.9. The van der Waals surface area contributed by atoms with Crippen LogP contribution in [0.3, 0.4) is 0 Å². The quantitative estimate of drug-likeness (QED) is 0.804. The number of carbonyl (C=O) groups is 2. The summed E-state index contributed by atoms with van der Waals surface area (Å²) in [5, 5.41) is 0. The second-order valence-corrected chi connectivity index (χ2v) is 6.79. The molecule has 2 atom stereocenters. The Hall–Kier alpha value is -2.53. The van der Waals surface area contributed by atoms with Crippen LogP contribution in [0.15, 0.2) is 60.7 Å². The largest absolute Gasteiger partial charge is 0.294 e. The van der Waals surface area contributed by atoms with Gasteiger partial charge in [0.05, 0.1) is 12.5 Å². The van der Waals surface area contributed by atoms with Crippen molar-refractivity contribution in [1.82, 2.24) is 9.80 Å². The number of carbonyl (C=O) groups excluding carboxylic acids is 2. The molecule has 128 valence electrons. The molecular weight excluding hydrogens is 319 g/mol. The minimum absolute atomic E-state index is 0.0254. The fourth-order valence-corrected chi connectivity index (χ4v) is 3.78. The van der Waals surface area contributed by atoms with Gasteiger partial charge in [0.15, 0.2) is 0 Å². The van der Waals surface area contributed by atoms with Crippen LogP contribution < -0.4 is 0 Å². The lowest BCUT2D eigenvalue weighted by molar-refractivity contribution is -0.143. The number of likely N-dealkylation sites (tertiary alicyclic amines) is 2. The maximum Gasteiger partial charge on any atom is 0.269 e. The molecule has 0 aromatic heterocycles. The van der Waals surface area contributed by atoms with E-state index in [1.54, 1.807) is 0 Å². The molecule has 2 aromatic rings. The number of nitrogens with zero attached hydrogens (tertiary/aromatic N) is 2. The molecule has 2 fully saturated rings. The standard InChI is InChI=1S/C20H19FN2O2/c21-20-14-22(11-15-7-3-1-4-8-15)13-17(20)18(24)23(19(20)25)12-16-9-5-2-6-10-16/h1-10,17H,11-14H2. The molecule has 0 saturated carbocycles. The molecule has 25 heavy (non-hydrogen) atoms. The number of fused-ring (bicyclic) bond motifs is 1. The third-order valence-corrected chi connectivity index (χ3v) is 5.04. The molecule has 0 bridgehead atoms. The maximum absolute atomic E-state index is 15.4. The van der Waals surface area contributed by atoms with Gasteiger partial charge >= 0.3 is 0 Å². The predicted molar refractivity (Wildman–Crippen MR) is 91.0 cm³/mol. The number of amides is 2. The lowest BCUT2D eigenvalue weighted by atomic mass is 9.96. The van der Waals surface area contributed by atoms with Gasteiger partial charge in [0, 0.05) is 19.6 Å². The van der Waals surface area contributed by atoms with Gasteiger partial charge in [-0.2, -0.15) is 0 Å². The van der Waals surface area contributed by atoms with Gasteiger partial charge in [-0.25, -0.2) is 4.39 Å². The Labute approximate surface area is 145 Å². The molecule has 0 aliphatic carbocycles. The topological polar surface area (TPSA) is 40.6 Å². The van der Waals surface area contributed by atoms with Gasteiger partial charge < -0.3 is 0 Å². The summed E-state index contributed by atoms with van der Waals surface area (Å²) >= 11 is 0. The molecule has 2 heterocycles. The number of halogens is 1. The van der Waals surface area contributed by atoms with Crippen LogP contribution in [0.2, 0.25) is 0 Å². The average Bonchev–Trinajstić information content (AvgIpc) is 3.04. The number of imide groups is 1. The summed E-state index contributed by atoms with van der Waals surface area (Å²) < 4.78 is 15.4. The van der Waals surface area contributed by atoms with Gasteiger partial charge in [0.25, 0.3) is 5.91 Å². The van der Waals surface area contributed by atoms with Crippen molar-refractivity contribution < 1.29 is 14.0 Å². The molecule has 2 aliphatic heterocycles. The highest BCUT2D eigenvalue weighted by molar-refractivity contribution is 6.09. The highest BCUT2D eigenvalue weighted by atomic mass is 19.1. The lowest BCUT2D eigenvalue weighted by Crippen LogP contribution is -2.41. The monoisotopic (exact) mass is 338 g/mol. The molecule has 5 heteroatoms. The number of benzene rings is 2. The second kappa shape index (κ2) is 6.08. The summed E-state index contributed by atoms with van der Waals surface area (Å²) in [4.78, 5) is 28.2. The SMILES string of the molecule is O=C1C2CN(Cc3ccccc3)CC2(F)C(=O)N1Cc1ccccc1. The first-order valence-corrected chi connectivity index (χ1v) is 8.43. The van der Waals surface area contributed by atoms with Crippen molar-refractivity contribution in [1.29, 1.82) is 0 Å². The number of rotatable bonds is 4. The molecule has 0 N–H and O–H groups in total. The van der Waals surface area contributed by atoms with Crippen molar-refractivity contribution in [3.63, 3.8) is 0 Å². The Kier molecular flexibility index (Phi) is 3.88. The van der Waals surface area contributed by atoms with E-state index in [0.29, 0.717) is 6.54 Å². The first-order valence-electron chi connectivity index (χ1n) is 8.43. The van der Waals surface area contributed by atoms with Gasteiger partial charge in [-0.05, 0) is 11.1 Å². The summed E-state index contributed by atoms with van der Waals surface area (Å²) in [6.45, 7) is 0.936. The van der Waals surface area contributed by atoms with E-state index >= 15 is 4.39 Å². The first-order chi connectivity index (χ1) is 12.1. The Balaban J connectivity index is 1.50. The van der Waals surface area contributed by atoms with Crippen molar-refractivity contribution in [2.75, 3.05) is 13.1 Å². The number of hydrogen-bond donors (Lipinski definition) is 0. The van der Waals surface area contributed by atoms with Crippen molar-refractivity contribution in [2.45, 2.75) is 18.8 Å². The molecule has 4 nitrogen and oxygen atoms in total. The van der Waals surface area contributed by atoms with Crippen LogP contribution in [0.5, 0.6) is 0 Å². The molecule has 0 radical (unpaired) electrons. The third-order valence-electron chi connectivity index (χ3n) is 5.04. The minimum atomic E-state index is -2.10. The molecule has 2 aromatic carbocycles. The van der Waals surface area contributed by atoms with Crippen LogP contribution >= 0.6 is 0 Å². The van der Waals surface area contributed by atoms with E-state index in [0.717, 1.165) is 16.0 Å². The molecule has 2 unspecified atom stereocenters. The summed E-state index contributed by atoms with van der Waals surface area (Å²) in [5.41, 5.74) is -0.221. The van der Waals surface area contributed by atoms with E-state index in [2.05, 4.69) is 0 Å². The van der Waals surface area contributed by atoms with E-state index in [1.807, 2.05) is 65.6 Å². The minimum Gasteiger partial charge on any atom is -0.294 e. The summed E-state index contributed by atoms with van der Waals surface area (Å²) in [5.74, 6) is -1.98. The van der Waals surface area contributed by atoms with Crippen LogP contribution in [0, 0.1) is 5.92 Å². The smallest absolute Gasteiger partial charge is 0.269 e. The lowest BCUT2D eigenvalue weighted by Gasteiger charge is -2.21. The fraction of sp³-hybridized carbons (Fsp3) is 0.300. The summed E-state index contributed by atoms with van der Waals surface area (Å²) in [6.07, 6.45) is 0. The number of hydrogen-bond acceptors (Lipinski definition) is 3. The Morgan fingerprint density at radius 2 is 1.48 bits per heavy atom. The van der Waals surface area contributed by atoms with Crippen LogP contribution in [0.25, 0.3) is 0 Å². The van der Waals surface area contributed by atoms with Gasteiger partial charge in [-0.3, -0.25) is 19.4 Å². The van der Waals surface area contributed by atoms with Gasteiger partial charge in [-0.15, -0.1) is 0 Å². The van der Waals surface area contributed by atoms with Crippen LogP contribution in [0.1, 0.15) is 11.1 Å². The van der Waals surface area contributed by atoms with Crippen molar-refractivity contribution in [3.8, 4) is 0 Å². The highest BCUT2D eigenvalue weighted by Crippen LogP contribution is 2.41. The predicted octanol–water partition coefficient (Wildman–Crippen LogP) is 2.40.